The van der Waals surface area contributed by atoms with Gasteiger partial charge >= 0.3 is 11.8 Å². The summed E-state index contributed by atoms with van der Waals surface area (Å²) in [6.07, 6.45) is 8.26. The molecule has 0 spiro atoms. The van der Waals surface area contributed by atoms with Crippen LogP contribution < -0.4 is 0 Å². The summed E-state index contributed by atoms with van der Waals surface area (Å²) in [5, 5.41) is 7.64. The van der Waals surface area contributed by atoms with E-state index in [-0.39, 0.29) is 11.4 Å². The lowest BCUT2D eigenvalue weighted by Crippen LogP contribution is -2.73. The Morgan fingerprint density at radius 2 is 1.96 bits per heavy atom. The average molecular weight is 338 g/mol. The minimum absolute atomic E-state index is 0.0184. The van der Waals surface area contributed by atoms with Gasteiger partial charge in [0.2, 0.25) is 0 Å². The van der Waals surface area contributed by atoms with Crippen molar-refractivity contribution in [3.8, 4) is 5.82 Å². The highest BCUT2D eigenvalue weighted by molar-refractivity contribution is 6.35. The van der Waals surface area contributed by atoms with Crippen molar-refractivity contribution in [2.45, 2.75) is 31.3 Å². The first-order valence-corrected chi connectivity index (χ1v) is 8.57. The highest BCUT2D eigenvalue weighted by Crippen LogP contribution is 2.60. The van der Waals surface area contributed by atoms with E-state index in [2.05, 4.69) is 15.3 Å². The van der Waals surface area contributed by atoms with Gasteiger partial charge in [-0.05, 0) is 36.8 Å². The van der Waals surface area contributed by atoms with E-state index in [0.29, 0.717) is 25.5 Å². The van der Waals surface area contributed by atoms with Gasteiger partial charge in [0.25, 0.3) is 0 Å². The molecule has 8 nitrogen and oxygen atoms in total. The van der Waals surface area contributed by atoms with Gasteiger partial charge in [0.1, 0.15) is 0 Å². The van der Waals surface area contributed by atoms with E-state index in [1.165, 1.54) is 0 Å². The minimum atomic E-state index is -0.392. The van der Waals surface area contributed by atoms with Gasteiger partial charge in [-0.15, -0.1) is 5.10 Å². The SMILES string of the molecule is O=C1C(=O)N(C23CC(C2)C3)CCN1Cc1ccc(-n2ccnn2)nc1. The monoisotopic (exact) mass is 338 g/mol. The molecule has 3 heterocycles. The van der Waals surface area contributed by atoms with Crippen LogP contribution in [0.1, 0.15) is 24.8 Å². The molecule has 25 heavy (non-hydrogen) atoms. The van der Waals surface area contributed by atoms with Crippen molar-refractivity contribution in [2.24, 2.45) is 5.92 Å². The van der Waals surface area contributed by atoms with E-state index < -0.39 is 5.91 Å². The lowest BCUT2D eigenvalue weighted by Gasteiger charge is -2.66. The summed E-state index contributed by atoms with van der Waals surface area (Å²) in [4.78, 5) is 32.8. The van der Waals surface area contributed by atoms with Crippen LogP contribution in [0.4, 0.5) is 0 Å². The third-order valence-corrected chi connectivity index (χ3v) is 5.73. The summed E-state index contributed by atoms with van der Waals surface area (Å²) >= 11 is 0. The summed E-state index contributed by atoms with van der Waals surface area (Å²) in [6.45, 7) is 1.63. The Morgan fingerprint density at radius 1 is 1.12 bits per heavy atom. The molecule has 0 N–H and O–H groups in total. The maximum atomic E-state index is 12.5. The highest BCUT2D eigenvalue weighted by atomic mass is 16.2. The van der Waals surface area contributed by atoms with Crippen LogP contribution in [0, 0.1) is 5.92 Å². The van der Waals surface area contributed by atoms with Crippen molar-refractivity contribution < 1.29 is 9.59 Å². The molecule has 2 amide bonds. The second kappa shape index (κ2) is 5.11. The first kappa shape index (κ1) is 14.6. The van der Waals surface area contributed by atoms with Gasteiger partial charge in [0.15, 0.2) is 5.82 Å². The molecule has 128 valence electrons. The van der Waals surface area contributed by atoms with Crippen molar-refractivity contribution in [2.75, 3.05) is 13.1 Å². The van der Waals surface area contributed by atoms with Crippen LogP contribution in [-0.2, 0) is 16.1 Å². The summed E-state index contributed by atoms with van der Waals surface area (Å²) in [6, 6.07) is 3.73. The van der Waals surface area contributed by atoms with Gasteiger partial charge in [0, 0.05) is 31.4 Å². The molecule has 3 aliphatic carbocycles. The van der Waals surface area contributed by atoms with E-state index in [4.69, 9.17) is 0 Å². The van der Waals surface area contributed by atoms with Crippen LogP contribution >= 0.6 is 0 Å². The molecule has 0 unspecified atom stereocenters. The van der Waals surface area contributed by atoms with Crippen LogP contribution in [0.15, 0.2) is 30.7 Å². The van der Waals surface area contributed by atoms with E-state index in [0.717, 1.165) is 30.7 Å². The number of nitrogens with zero attached hydrogens (tertiary/aromatic N) is 6. The third kappa shape index (κ3) is 2.16. The number of carbonyl (C=O) groups is 2. The third-order valence-electron chi connectivity index (χ3n) is 5.73. The number of hydrogen-bond acceptors (Lipinski definition) is 5. The molecule has 3 saturated carbocycles. The van der Waals surface area contributed by atoms with Crippen LogP contribution in [-0.4, -0.2) is 60.2 Å². The molecule has 6 rings (SSSR count). The molecular weight excluding hydrogens is 320 g/mol. The molecule has 4 fully saturated rings. The predicted octanol–water partition coefficient (Wildman–Crippen LogP) is 0.386. The zero-order chi connectivity index (χ0) is 17.0. The van der Waals surface area contributed by atoms with Crippen molar-refractivity contribution >= 4 is 11.8 Å². The van der Waals surface area contributed by atoms with Gasteiger partial charge in [-0.3, -0.25) is 9.59 Å². The van der Waals surface area contributed by atoms with Crippen LogP contribution in [0.3, 0.4) is 0 Å². The summed E-state index contributed by atoms with van der Waals surface area (Å²) < 4.78 is 1.57. The fourth-order valence-corrected chi connectivity index (χ4v) is 4.24. The largest absolute Gasteiger partial charge is 0.328 e. The summed E-state index contributed by atoms with van der Waals surface area (Å²) in [5.41, 5.74) is 0.911. The molecule has 1 aliphatic heterocycles. The minimum Gasteiger partial charge on any atom is -0.328 e. The van der Waals surface area contributed by atoms with E-state index in [1.54, 1.807) is 28.2 Å². The predicted molar refractivity (Wildman–Crippen MR) is 86.4 cm³/mol. The van der Waals surface area contributed by atoms with Gasteiger partial charge in [-0.1, -0.05) is 11.3 Å². The van der Waals surface area contributed by atoms with Crippen LogP contribution in [0.2, 0.25) is 0 Å². The van der Waals surface area contributed by atoms with Crippen LogP contribution in [0.5, 0.6) is 0 Å². The number of hydrogen-bond donors (Lipinski definition) is 0. The van der Waals surface area contributed by atoms with Crippen molar-refractivity contribution in [1.29, 1.82) is 0 Å². The molecule has 0 aromatic carbocycles. The number of rotatable bonds is 4. The number of amides is 2. The topological polar surface area (TPSA) is 84.2 Å². The Bertz CT molecular complexity index is 814. The zero-order valence-electron chi connectivity index (χ0n) is 13.7. The van der Waals surface area contributed by atoms with Gasteiger partial charge in [-0.2, -0.15) is 0 Å². The van der Waals surface area contributed by atoms with Crippen LogP contribution in [0.25, 0.3) is 5.82 Å². The first-order chi connectivity index (χ1) is 12.1. The molecule has 0 radical (unpaired) electrons. The van der Waals surface area contributed by atoms with Gasteiger partial charge < -0.3 is 9.80 Å². The molecule has 2 aromatic rings. The van der Waals surface area contributed by atoms with Crippen molar-refractivity contribution in [1.82, 2.24) is 29.8 Å². The second-order valence-electron chi connectivity index (χ2n) is 7.26. The molecular formula is C17H18N6O2. The second-order valence-corrected chi connectivity index (χ2v) is 7.26. The molecule has 1 saturated heterocycles. The first-order valence-electron chi connectivity index (χ1n) is 8.57. The Hall–Kier alpha value is -2.77. The van der Waals surface area contributed by atoms with Gasteiger partial charge in [-0.25, -0.2) is 9.67 Å². The Labute approximate surface area is 144 Å². The highest BCUT2D eigenvalue weighted by Gasteiger charge is 2.62. The fourth-order valence-electron chi connectivity index (χ4n) is 4.24. The molecule has 8 heteroatoms. The lowest BCUT2D eigenvalue weighted by atomic mass is 9.49. The standard InChI is InChI=1S/C17H18N6O2/c24-15-16(25)22(17-7-13(8-17)9-17)6-5-21(15)11-12-1-2-14(18-10-12)23-4-3-19-20-23/h1-4,10,13H,5-9,11H2. The zero-order valence-corrected chi connectivity index (χ0v) is 13.7. The number of pyridine rings is 1. The number of piperazine rings is 1. The molecule has 0 atom stereocenters. The average Bonchev–Trinajstić information content (AvgIpc) is 3.07. The smallest absolute Gasteiger partial charge is 0.312 e. The van der Waals surface area contributed by atoms with Crippen molar-refractivity contribution in [3.05, 3.63) is 36.3 Å². The van der Waals surface area contributed by atoms with Crippen molar-refractivity contribution in [3.63, 3.8) is 0 Å². The maximum Gasteiger partial charge on any atom is 0.312 e. The molecule has 2 aromatic heterocycles. The Balaban J connectivity index is 1.27. The Morgan fingerprint density at radius 3 is 2.56 bits per heavy atom. The fraction of sp³-hybridized carbons (Fsp3) is 0.471. The Kier molecular flexibility index (Phi) is 2.98. The quantitative estimate of drug-likeness (QED) is 0.753. The van der Waals surface area contributed by atoms with E-state index >= 15 is 0 Å². The molecule has 4 aliphatic rings. The summed E-state index contributed by atoms with van der Waals surface area (Å²) in [7, 11) is 0. The van der Waals surface area contributed by atoms with Gasteiger partial charge in [0.05, 0.1) is 12.4 Å². The number of aromatic nitrogens is 4. The lowest BCUT2D eigenvalue weighted by molar-refractivity contribution is -0.186. The number of carbonyl (C=O) groups excluding carboxylic acids is 2. The van der Waals surface area contributed by atoms with E-state index in [9.17, 15) is 9.59 Å². The normalized spacial score (nSPS) is 27.9. The maximum absolute atomic E-state index is 12.5. The summed E-state index contributed by atoms with van der Waals surface area (Å²) in [5.74, 6) is 0.723. The van der Waals surface area contributed by atoms with E-state index in [1.807, 2.05) is 17.0 Å². The molecule has 2 bridgehead atoms.